The van der Waals surface area contributed by atoms with Crippen molar-refractivity contribution in [3.05, 3.63) is 0 Å². The van der Waals surface area contributed by atoms with E-state index in [0.29, 0.717) is 11.5 Å². The summed E-state index contributed by atoms with van der Waals surface area (Å²) in [6, 6.07) is 0.301. The van der Waals surface area contributed by atoms with E-state index in [1.165, 1.54) is 11.8 Å². The predicted octanol–water partition coefficient (Wildman–Crippen LogP) is 1.76. The molecule has 0 bridgehead atoms. The summed E-state index contributed by atoms with van der Waals surface area (Å²) in [5, 5.41) is -0.153. The van der Waals surface area contributed by atoms with Crippen LogP contribution in [0.25, 0.3) is 0 Å². The minimum Gasteiger partial charge on any atom is -0.378 e. The zero-order valence-electron chi connectivity index (χ0n) is 12.4. The molecule has 2 rings (SSSR count). The third kappa shape index (κ3) is 3.53. The van der Waals surface area contributed by atoms with E-state index in [1.54, 1.807) is 0 Å². The molecule has 0 aromatic heterocycles. The zero-order valence-corrected chi connectivity index (χ0v) is 13.2. The molecule has 1 saturated carbocycles. The number of carbonyl (C=O) groups excluding carboxylic acids is 2. The third-order valence-corrected chi connectivity index (χ3v) is 5.35. The van der Waals surface area contributed by atoms with Crippen LogP contribution in [0.2, 0.25) is 0 Å². The summed E-state index contributed by atoms with van der Waals surface area (Å²) < 4.78 is 0. The van der Waals surface area contributed by atoms with E-state index >= 15 is 0 Å². The lowest BCUT2D eigenvalue weighted by Gasteiger charge is -2.38. The predicted molar refractivity (Wildman–Crippen MR) is 81.4 cm³/mol. The van der Waals surface area contributed by atoms with Crippen molar-refractivity contribution in [1.82, 2.24) is 4.90 Å². The molecule has 1 fully saturated rings. The first-order chi connectivity index (χ1) is 9.28. The van der Waals surface area contributed by atoms with E-state index in [-0.39, 0.29) is 23.4 Å². The Morgan fingerprint density at radius 1 is 1.45 bits per heavy atom. The molecule has 2 amide bonds. The smallest absolute Gasteiger partial charge is 0.262 e. The number of aliphatic imine (C=N–C) groups is 1. The second kappa shape index (κ2) is 5.76. The fourth-order valence-corrected chi connectivity index (χ4v) is 3.62. The molecule has 5 nitrogen and oxygen atoms in total. The van der Waals surface area contributed by atoms with Crippen molar-refractivity contribution in [3.63, 3.8) is 0 Å². The van der Waals surface area contributed by atoms with Crippen molar-refractivity contribution < 1.29 is 9.59 Å². The second-order valence-corrected chi connectivity index (χ2v) is 7.72. The Labute approximate surface area is 124 Å². The molecule has 0 aromatic carbocycles. The number of amides is 2. The number of nitrogens with two attached hydrogens (primary N) is 1. The monoisotopic (exact) mass is 297 g/mol. The van der Waals surface area contributed by atoms with Gasteiger partial charge in [0, 0.05) is 19.5 Å². The largest absolute Gasteiger partial charge is 0.378 e. The van der Waals surface area contributed by atoms with Gasteiger partial charge in [-0.3, -0.25) is 9.59 Å². The molecule has 2 aliphatic rings. The van der Waals surface area contributed by atoms with Gasteiger partial charge >= 0.3 is 0 Å². The first-order valence-electron chi connectivity index (χ1n) is 7.09. The van der Waals surface area contributed by atoms with Gasteiger partial charge in [-0.25, -0.2) is 0 Å². The molecule has 1 atom stereocenters. The molecular weight excluding hydrogens is 274 g/mol. The van der Waals surface area contributed by atoms with Crippen LogP contribution in [0.4, 0.5) is 0 Å². The van der Waals surface area contributed by atoms with Crippen molar-refractivity contribution in [2.24, 2.45) is 16.1 Å². The van der Waals surface area contributed by atoms with Gasteiger partial charge < -0.3 is 10.6 Å². The molecule has 0 aromatic rings. The topological polar surface area (TPSA) is 75.8 Å². The molecule has 1 unspecified atom stereocenters. The Bertz CT molecular complexity index is 438. The van der Waals surface area contributed by atoms with E-state index in [1.807, 2.05) is 11.9 Å². The highest BCUT2D eigenvalue weighted by Crippen LogP contribution is 2.37. The van der Waals surface area contributed by atoms with E-state index in [9.17, 15) is 9.59 Å². The minimum absolute atomic E-state index is 0.0189. The van der Waals surface area contributed by atoms with Gasteiger partial charge in [-0.1, -0.05) is 25.6 Å². The Hall–Kier alpha value is -1.04. The molecule has 112 valence electrons. The lowest BCUT2D eigenvalue weighted by molar-refractivity contribution is -0.134. The van der Waals surface area contributed by atoms with E-state index in [4.69, 9.17) is 5.73 Å². The summed E-state index contributed by atoms with van der Waals surface area (Å²) in [7, 11) is 1.85. The van der Waals surface area contributed by atoms with Gasteiger partial charge in [0.1, 0.15) is 5.25 Å². The lowest BCUT2D eigenvalue weighted by Crippen LogP contribution is -2.42. The number of hydrogen-bond donors (Lipinski definition) is 1. The van der Waals surface area contributed by atoms with Crippen LogP contribution >= 0.6 is 11.8 Å². The number of nitrogens with zero attached hydrogens (tertiary/aromatic N) is 2. The number of hydrogen-bond acceptors (Lipinski definition) is 4. The molecule has 1 aliphatic carbocycles. The number of thioether (sulfide) groups is 1. The van der Waals surface area contributed by atoms with Crippen LogP contribution in [0.5, 0.6) is 0 Å². The summed E-state index contributed by atoms with van der Waals surface area (Å²) in [4.78, 5) is 29.3. The van der Waals surface area contributed by atoms with Gasteiger partial charge in [-0.2, -0.15) is 4.99 Å². The quantitative estimate of drug-likeness (QED) is 0.861. The van der Waals surface area contributed by atoms with Crippen molar-refractivity contribution >= 4 is 28.7 Å². The van der Waals surface area contributed by atoms with Crippen LogP contribution in [-0.4, -0.2) is 40.2 Å². The maximum atomic E-state index is 12.3. The van der Waals surface area contributed by atoms with Crippen molar-refractivity contribution in [2.75, 3.05) is 7.05 Å². The first-order valence-corrected chi connectivity index (χ1v) is 7.97. The maximum Gasteiger partial charge on any atom is 0.262 e. The van der Waals surface area contributed by atoms with Crippen molar-refractivity contribution in [3.8, 4) is 0 Å². The lowest BCUT2D eigenvalue weighted by atomic mass is 9.75. The van der Waals surface area contributed by atoms with Crippen LogP contribution in [0.3, 0.4) is 0 Å². The molecule has 1 aliphatic heterocycles. The first kappa shape index (κ1) is 15.4. The average Bonchev–Trinajstić information content (AvgIpc) is 2.67. The van der Waals surface area contributed by atoms with Crippen LogP contribution in [0.15, 0.2) is 4.99 Å². The fourth-order valence-electron chi connectivity index (χ4n) is 2.81. The minimum atomic E-state index is -0.426. The summed E-state index contributed by atoms with van der Waals surface area (Å²) in [5.41, 5.74) is 5.90. The Morgan fingerprint density at radius 3 is 2.55 bits per heavy atom. The van der Waals surface area contributed by atoms with Crippen LogP contribution in [0, 0.1) is 5.41 Å². The second-order valence-electron chi connectivity index (χ2n) is 6.50. The Morgan fingerprint density at radius 2 is 2.05 bits per heavy atom. The normalized spacial score (nSPS) is 26.4. The van der Waals surface area contributed by atoms with E-state index < -0.39 is 5.25 Å². The van der Waals surface area contributed by atoms with Crippen molar-refractivity contribution in [1.29, 1.82) is 0 Å². The Kier molecular flexibility index (Phi) is 4.42. The molecular formula is C14H23N3O2S. The summed E-state index contributed by atoms with van der Waals surface area (Å²) in [6.07, 6.45) is 4.56. The van der Waals surface area contributed by atoms with Crippen molar-refractivity contribution in [2.45, 2.75) is 57.2 Å². The highest BCUT2D eigenvalue weighted by molar-refractivity contribution is 8.15. The molecule has 0 spiro atoms. The summed E-state index contributed by atoms with van der Waals surface area (Å²) in [6.45, 7) is 4.55. The molecule has 0 saturated heterocycles. The van der Waals surface area contributed by atoms with Crippen LogP contribution < -0.4 is 5.73 Å². The summed E-state index contributed by atoms with van der Waals surface area (Å²) >= 11 is 1.20. The van der Waals surface area contributed by atoms with Gasteiger partial charge in [0.05, 0.1) is 0 Å². The van der Waals surface area contributed by atoms with Gasteiger partial charge in [0.15, 0.2) is 5.17 Å². The Balaban J connectivity index is 1.85. The van der Waals surface area contributed by atoms with Gasteiger partial charge in [0.2, 0.25) is 5.91 Å². The average molecular weight is 297 g/mol. The molecule has 20 heavy (non-hydrogen) atoms. The SMILES string of the molecule is CN(C(=O)CC1SC(N)=NC1=O)C1CCC(C)(C)CC1. The molecule has 6 heteroatoms. The van der Waals surface area contributed by atoms with Gasteiger partial charge in [-0.05, 0) is 31.1 Å². The van der Waals surface area contributed by atoms with Gasteiger partial charge in [0.25, 0.3) is 5.91 Å². The number of amidine groups is 1. The highest BCUT2D eigenvalue weighted by atomic mass is 32.2. The van der Waals surface area contributed by atoms with Crippen LogP contribution in [0.1, 0.15) is 46.0 Å². The maximum absolute atomic E-state index is 12.3. The fraction of sp³-hybridized carbons (Fsp3) is 0.786. The zero-order chi connectivity index (χ0) is 14.9. The number of carbonyl (C=O) groups is 2. The highest BCUT2D eigenvalue weighted by Gasteiger charge is 2.34. The molecule has 1 heterocycles. The number of rotatable bonds is 3. The molecule has 0 radical (unpaired) electrons. The van der Waals surface area contributed by atoms with E-state index in [2.05, 4.69) is 18.8 Å². The third-order valence-electron chi connectivity index (χ3n) is 4.37. The summed E-state index contributed by atoms with van der Waals surface area (Å²) in [5.74, 6) is -0.260. The van der Waals surface area contributed by atoms with Crippen LogP contribution in [-0.2, 0) is 9.59 Å². The van der Waals surface area contributed by atoms with Gasteiger partial charge in [-0.15, -0.1) is 0 Å². The molecule has 2 N–H and O–H groups in total. The van der Waals surface area contributed by atoms with E-state index in [0.717, 1.165) is 25.7 Å². The standard InChI is InChI=1S/C14H23N3O2S/c1-14(2)6-4-9(5-7-14)17(3)11(18)8-10-12(19)16-13(15)20-10/h9-10H,4-8H2,1-3H3,(H2,15,16,19).